The molecule has 0 saturated heterocycles. The Morgan fingerprint density at radius 1 is 1.00 bits per heavy atom. The van der Waals surface area contributed by atoms with Gasteiger partial charge in [0.15, 0.2) is 0 Å². The smallest absolute Gasteiger partial charge is 0.325 e. The first-order valence-corrected chi connectivity index (χ1v) is 10.4. The van der Waals surface area contributed by atoms with Gasteiger partial charge in [0.1, 0.15) is 10.6 Å². The predicted octanol–water partition coefficient (Wildman–Crippen LogP) is 5.76. The van der Waals surface area contributed by atoms with Gasteiger partial charge in [-0.1, -0.05) is 0 Å². The molecule has 0 aliphatic heterocycles. The van der Waals surface area contributed by atoms with E-state index in [1.807, 2.05) is 0 Å². The number of fused-ring (bicyclic) bond motifs is 1. The van der Waals surface area contributed by atoms with Crippen LogP contribution in [0.4, 0.5) is 28.9 Å². The van der Waals surface area contributed by atoms with E-state index in [4.69, 9.17) is 0 Å². The molecule has 0 radical (unpaired) electrons. The number of rotatable bonds is 4. The average molecular weight is 476 g/mol. The van der Waals surface area contributed by atoms with Gasteiger partial charge in [-0.25, -0.2) is 9.07 Å². The van der Waals surface area contributed by atoms with Gasteiger partial charge >= 0.3 is 6.18 Å². The third kappa shape index (κ3) is 4.58. The van der Waals surface area contributed by atoms with Crippen molar-refractivity contribution >= 4 is 44.7 Å². The monoisotopic (exact) mass is 476 g/mol. The molecule has 2 N–H and O–H groups in total. The van der Waals surface area contributed by atoms with Crippen molar-refractivity contribution < 1.29 is 27.2 Å². The minimum absolute atomic E-state index is 0.0404. The number of nitrogens with one attached hydrogen (secondary N) is 2. The van der Waals surface area contributed by atoms with E-state index >= 15 is 0 Å². The van der Waals surface area contributed by atoms with Gasteiger partial charge in [0.2, 0.25) is 5.91 Å². The molecule has 33 heavy (non-hydrogen) atoms. The second kappa shape index (κ2) is 8.32. The summed E-state index contributed by atoms with van der Waals surface area (Å²) in [5.74, 6) is -1.55. The van der Waals surface area contributed by atoms with Crippen molar-refractivity contribution in [2.75, 3.05) is 10.6 Å². The number of alkyl halides is 3. The lowest BCUT2D eigenvalue weighted by atomic mass is 10.1. The summed E-state index contributed by atoms with van der Waals surface area (Å²) < 4.78 is 54.3. The number of carbonyl (C=O) groups is 2. The van der Waals surface area contributed by atoms with Crippen LogP contribution in [0.15, 0.2) is 48.5 Å². The fraction of sp³-hybridized carbons (Fsp3) is 0.136. The van der Waals surface area contributed by atoms with Crippen molar-refractivity contribution in [3.63, 3.8) is 0 Å². The molecular formula is C22H16F4N4O2S. The van der Waals surface area contributed by atoms with Gasteiger partial charge in [0, 0.05) is 12.3 Å². The van der Waals surface area contributed by atoms with Gasteiger partial charge in [0.05, 0.1) is 33.2 Å². The minimum atomic E-state index is -4.62. The van der Waals surface area contributed by atoms with Crippen molar-refractivity contribution in [1.82, 2.24) is 9.78 Å². The van der Waals surface area contributed by atoms with E-state index in [0.29, 0.717) is 21.6 Å². The molecule has 2 amide bonds. The third-order valence-electron chi connectivity index (χ3n) is 4.75. The summed E-state index contributed by atoms with van der Waals surface area (Å²) in [4.78, 5) is 25.2. The highest BCUT2D eigenvalue weighted by molar-refractivity contribution is 7.20. The maximum Gasteiger partial charge on any atom is 0.416 e. The first-order valence-electron chi connectivity index (χ1n) is 9.58. The number of halogens is 4. The number of carbonyl (C=O) groups excluding carboxylic acids is 2. The maximum absolute atomic E-state index is 13.3. The zero-order valence-electron chi connectivity index (χ0n) is 17.2. The van der Waals surface area contributed by atoms with E-state index in [-0.39, 0.29) is 16.3 Å². The SMILES string of the molecule is CC(=O)Nc1ccc(C(F)(F)F)cc1NC(=O)c1cc2c(C)nn(-c3ccc(F)cc3)c2s1. The zero-order valence-corrected chi connectivity index (χ0v) is 18.1. The zero-order chi connectivity index (χ0) is 23.9. The van der Waals surface area contributed by atoms with Gasteiger partial charge in [0.25, 0.3) is 5.91 Å². The van der Waals surface area contributed by atoms with Crippen molar-refractivity contribution in [2.24, 2.45) is 0 Å². The highest BCUT2D eigenvalue weighted by Gasteiger charge is 2.31. The molecule has 0 aliphatic carbocycles. The van der Waals surface area contributed by atoms with E-state index in [1.165, 1.54) is 19.1 Å². The molecule has 2 aromatic carbocycles. The summed E-state index contributed by atoms with van der Waals surface area (Å²) >= 11 is 1.09. The Morgan fingerprint density at radius 2 is 1.70 bits per heavy atom. The number of hydrogen-bond acceptors (Lipinski definition) is 4. The molecule has 2 heterocycles. The van der Waals surface area contributed by atoms with Crippen LogP contribution < -0.4 is 10.6 Å². The minimum Gasteiger partial charge on any atom is -0.325 e. The Hall–Kier alpha value is -3.73. The number of anilines is 2. The molecule has 4 rings (SSSR count). The third-order valence-corrected chi connectivity index (χ3v) is 5.85. The fourth-order valence-corrected chi connectivity index (χ4v) is 4.30. The number of aryl methyl sites for hydroxylation is 1. The Kier molecular flexibility index (Phi) is 5.66. The fourth-order valence-electron chi connectivity index (χ4n) is 3.22. The van der Waals surface area contributed by atoms with Crippen molar-refractivity contribution in [3.8, 4) is 5.69 Å². The standard InChI is InChI=1S/C22H16F4N4O2S/c1-11-16-10-19(33-21(16)30(29-11)15-6-4-14(23)5-7-15)20(32)28-18-9-13(22(24,25)26)3-8-17(18)27-12(2)31/h3-10H,1-2H3,(H,27,31)(H,28,32). The number of amides is 2. The average Bonchev–Trinajstić information content (AvgIpc) is 3.30. The number of hydrogen-bond donors (Lipinski definition) is 2. The van der Waals surface area contributed by atoms with Crippen LogP contribution in [0.1, 0.15) is 27.9 Å². The summed E-state index contributed by atoms with van der Waals surface area (Å²) in [6.07, 6.45) is -4.62. The van der Waals surface area contributed by atoms with Crippen molar-refractivity contribution in [3.05, 3.63) is 70.5 Å². The van der Waals surface area contributed by atoms with E-state index in [1.54, 1.807) is 29.8 Å². The van der Waals surface area contributed by atoms with Crippen molar-refractivity contribution in [2.45, 2.75) is 20.0 Å². The number of thiophene rings is 1. The van der Waals surface area contributed by atoms with E-state index in [2.05, 4.69) is 15.7 Å². The van der Waals surface area contributed by atoms with Gasteiger partial charge in [-0.2, -0.15) is 18.3 Å². The Labute approximate surface area is 188 Å². The molecule has 0 fully saturated rings. The Balaban J connectivity index is 1.70. The molecule has 11 heteroatoms. The molecule has 0 spiro atoms. The Bertz CT molecular complexity index is 1370. The highest BCUT2D eigenvalue weighted by atomic mass is 32.1. The lowest BCUT2D eigenvalue weighted by Crippen LogP contribution is -2.16. The summed E-state index contributed by atoms with van der Waals surface area (Å²) in [6, 6.07) is 9.92. The second-order valence-corrected chi connectivity index (χ2v) is 8.23. The molecular weight excluding hydrogens is 460 g/mol. The largest absolute Gasteiger partial charge is 0.416 e. The lowest BCUT2D eigenvalue weighted by Gasteiger charge is -2.14. The Morgan fingerprint density at radius 3 is 2.33 bits per heavy atom. The second-order valence-electron chi connectivity index (χ2n) is 7.20. The van der Waals surface area contributed by atoms with Crippen LogP contribution in [-0.4, -0.2) is 21.6 Å². The van der Waals surface area contributed by atoms with Crippen molar-refractivity contribution in [1.29, 1.82) is 0 Å². The lowest BCUT2D eigenvalue weighted by molar-refractivity contribution is -0.137. The normalized spacial score (nSPS) is 11.6. The van der Waals surface area contributed by atoms with Crippen LogP contribution in [0.3, 0.4) is 0 Å². The van der Waals surface area contributed by atoms with Gasteiger partial charge in [-0.05, 0) is 55.5 Å². The number of benzene rings is 2. The number of aromatic nitrogens is 2. The molecule has 0 saturated carbocycles. The molecule has 6 nitrogen and oxygen atoms in total. The number of nitrogens with zero attached hydrogens (tertiary/aromatic N) is 2. The topological polar surface area (TPSA) is 76.0 Å². The summed E-state index contributed by atoms with van der Waals surface area (Å²) in [7, 11) is 0. The molecule has 170 valence electrons. The summed E-state index contributed by atoms with van der Waals surface area (Å²) in [5.41, 5.74) is 0.112. The van der Waals surface area contributed by atoms with Crippen LogP contribution in [0, 0.1) is 12.7 Å². The van der Waals surface area contributed by atoms with Crippen LogP contribution in [-0.2, 0) is 11.0 Å². The molecule has 2 aromatic heterocycles. The van der Waals surface area contributed by atoms with E-state index in [0.717, 1.165) is 29.5 Å². The molecule has 0 bridgehead atoms. The van der Waals surface area contributed by atoms with E-state index < -0.39 is 29.4 Å². The van der Waals surface area contributed by atoms with E-state index in [9.17, 15) is 27.2 Å². The highest BCUT2D eigenvalue weighted by Crippen LogP contribution is 2.35. The van der Waals surface area contributed by atoms with Gasteiger partial charge in [-0.3, -0.25) is 9.59 Å². The van der Waals surface area contributed by atoms with Gasteiger partial charge < -0.3 is 10.6 Å². The quantitative estimate of drug-likeness (QED) is 0.368. The first-order chi connectivity index (χ1) is 15.5. The first kappa shape index (κ1) is 22.5. The summed E-state index contributed by atoms with van der Waals surface area (Å²) in [6.45, 7) is 2.96. The molecule has 0 unspecified atom stereocenters. The maximum atomic E-state index is 13.3. The van der Waals surface area contributed by atoms with Crippen LogP contribution >= 0.6 is 11.3 Å². The van der Waals surface area contributed by atoms with Crippen LogP contribution in [0.2, 0.25) is 0 Å². The summed E-state index contributed by atoms with van der Waals surface area (Å²) in [5, 5.41) is 9.97. The molecule has 0 aliphatic rings. The van der Waals surface area contributed by atoms with Gasteiger partial charge in [-0.15, -0.1) is 11.3 Å². The molecule has 0 atom stereocenters. The van der Waals surface area contributed by atoms with Crippen LogP contribution in [0.25, 0.3) is 15.9 Å². The van der Waals surface area contributed by atoms with Crippen LogP contribution in [0.5, 0.6) is 0 Å². The molecule has 4 aromatic rings. The predicted molar refractivity (Wildman–Crippen MR) is 117 cm³/mol.